The molecule has 0 atom stereocenters. The summed E-state index contributed by atoms with van der Waals surface area (Å²) in [7, 11) is 0. The maximum atomic E-state index is 12.4. The van der Waals surface area contributed by atoms with Crippen molar-refractivity contribution in [2.24, 2.45) is 5.73 Å². The van der Waals surface area contributed by atoms with Gasteiger partial charge in [0.05, 0.1) is 6.54 Å². The molecule has 0 aromatic rings. The minimum atomic E-state index is -4.18. The average Bonchev–Trinajstić information content (AvgIpc) is 2.12. The van der Waals surface area contributed by atoms with E-state index in [1.807, 2.05) is 0 Å². The Morgan fingerprint density at radius 3 is 2.38 bits per heavy atom. The van der Waals surface area contributed by atoms with Crippen LogP contribution in [0.5, 0.6) is 0 Å². The Kier molecular flexibility index (Phi) is 3.77. The van der Waals surface area contributed by atoms with Gasteiger partial charge in [-0.1, -0.05) is 0 Å². The van der Waals surface area contributed by atoms with Gasteiger partial charge in [-0.2, -0.15) is 8.78 Å². The minimum absolute atomic E-state index is 0.0910. The lowest BCUT2D eigenvalue weighted by molar-refractivity contribution is -0.137. The molecule has 0 radical (unpaired) electrons. The zero-order chi connectivity index (χ0) is 12.4. The van der Waals surface area contributed by atoms with Crippen LogP contribution >= 0.6 is 0 Å². The van der Waals surface area contributed by atoms with Crippen LogP contribution in [0.3, 0.4) is 0 Å². The molecule has 0 unspecified atom stereocenters. The van der Waals surface area contributed by atoms with E-state index in [0.29, 0.717) is 12.8 Å². The topological polar surface area (TPSA) is 55.1 Å². The standard InChI is InChI=1S/C9H14F4N2O/c10-7(11)9(12,13)5-15-6(16)4-8(14)2-1-3-8/h7H,1-5,14H2,(H,15,16). The Hall–Kier alpha value is -0.850. The molecular weight excluding hydrogens is 228 g/mol. The molecule has 1 aliphatic rings. The Morgan fingerprint density at radius 1 is 1.44 bits per heavy atom. The first kappa shape index (κ1) is 13.2. The highest BCUT2D eigenvalue weighted by atomic mass is 19.3. The van der Waals surface area contributed by atoms with Crippen LogP contribution in [-0.4, -0.2) is 30.3 Å². The Labute approximate surface area is 90.4 Å². The lowest BCUT2D eigenvalue weighted by Crippen LogP contribution is -2.51. The van der Waals surface area contributed by atoms with Crippen LogP contribution in [0.4, 0.5) is 17.6 Å². The molecule has 7 heteroatoms. The molecule has 16 heavy (non-hydrogen) atoms. The molecule has 1 rings (SSSR count). The second-order valence-corrected chi connectivity index (χ2v) is 4.23. The summed E-state index contributed by atoms with van der Waals surface area (Å²) in [5.74, 6) is -4.89. The van der Waals surface area contributed by atoms with Crippen molar-refractivity contribution in [3.05, 3.63) is 0 Å². The zero-order valence-corrected chi connectivity index (χ0v) is 8.61. The molecule has 3 nitrogen and oxygen atoms in total. The normalized spacial score (nSPS) is 19.4. The van der Waals surface area contributed by atoms with Crippen LogP contribution in [0.25, 0.3) is 0 Å². The van der Waals surface area contributed by atoms with E-state index in [1.165, 1.54) is 0 Å². The Bertz CT molecular complexity index is 266. The average molecular weight is 242 g/mol. The fraction of sp³-hybridized carbons (Fsp3) is 0.889. The molecule has 94 valence electrons. The molecule has 0 spiro atoms. The fourth-order valence-corrected chi connectivity index (χ4v) is 1.48. The monoisotopic (exact) mass is 242 g/mol. The highest BCUT2D eigenvalue weighted by Crippen LogP contribution is 2.32. The molecule has 1 amide bonds. The van der Waals surface area contributed by atoms with E-state index in [4.69, 9.17) is 5.73 Å². The number of hydrogen-bond acceptors (Lipinski definition) is 2. The molecule has 1 saturated carbocycles. The first-order chi connectivity index (χ1) is 7.25. The summed E-state index contributed by atoms with van der Waals surface area (Å²) in [5, 5.41) is 1.78. The van der Waals surface area contributed by atoms with Crippen molar-refractivity contribution in [1.82, 2.24) is 5.32 Å². The summed E-state index contributed by atoms with van der Waals surface area (Å²) in [6, 6.07) is 0. The van der Waals surface area contributed by atoms with Crippen LogP contribution in [0.1, 0.15) is 25.7 Å². The van der Waals surface area contributed by atoms with E-state index in [1.54, 1.807) is 5.32 Å². The minimum Gasteiger partial charge on any atom is -0.350 e. The van der Waals surface area contributed by atoms with Gasteiger partial charge in [-0.3, -0.25) is 4.79 Å². The second-order valence-electron chi connectivity index (χ2n) is 4.23. The lowest BCUT2D eigenvalue weighted by Gasteiger charge is -2.37. The van der Waals surface area contributed by atoms with Gasteiger partial charge in [0.25, 0.3) is 0 Å². The van der Waals surface area contributed by atoms with Crippen molar-refractivity contribution in [1.29, 1.82) is 0 Å². The molecule has 0 aromatic carbocycles. The molecule has 1 fully saturated rings. The summed E-state index contributed by atoms with van der Waals surface area (Å²) >= 11 is 0. The maximum absolute atomic E-state index is 12.4. The molecule has 0 aromatic heterocycles. The number of nitrogens with two attached hydrogens (primary N) is 1. The van der Waals surface area contributed by atoms with E-state index in [-0.39, 0.29) is 6.42 Å². The molecule has 1 aliphatic carbocycles. The van der Waals surface area contributed by atoms with Gasteiger partial charge in [-0.25, -0.2) is 8.78 Å². The number of rotatable bonds is 5. The first-order valence-corrected chi connectivity index (χ1v) is 4.97. The van der Waals surface area contributed by atoms with Gasteiger partial charge in [-0.05, 0) is 19.3 Å². The van der Waals surface area contributed by atoms with Crippen molar-refractivity contribution in [2.45, 2.75) is 43.6 Å². The van der Waals surface area contributed by atoms with Gasteiger partial charge in [0.1, 0.15) is 0 Å². The lowest BCUT2D eigenvalue weighted by atomic mass is 9.75. The van der Waals surface area contributed by atoms with Crippen LogP contribution in [0, 0.1) is 0 Å². The maximum Gasteiger partial charge on any atom is 0.324 e. The van der Waals surface area contributed by atoms with Gasteiger partial charge in [0, 0.05) is 12.0 Å². The van der Waals surface area contributed by atoms with E-state index >= 15 is 0 Å². The third-order valence-corrected chi connectivity index (χ3v) is 2.70. The number of amides is 1. The predicted molar refractivity (Wildman–Crippen MR) is 49.3 cm³/mol. The third kappa shape index (κ3) is 3.33. The summed E-state index contributed by atoms with van der Waals surface area (Å²) in [4.78, 5) is 11.2. The fourth-order valence-electron chi connectivity index (χ4n) is 1.48. The van der Waals surface area contributed by atoms with Gasteiger partial charge in [0.2, 0.25) is 5.91 Å². The van der Waals surface area contributed by atoms with Gasteiger partial charge >= 0.3 is 12.3 Å². The van der Waals surface area contributed by atoms with Crippen molar-refractivity contribution >= 4 is 5.91 Å². The van der Waals surface area contributed by atoms with Crippen LogP contribution < -0.4 is 11.1 Å². The third-order valence-electron chi connectivity index (χ3n) is 2.70. The number of halogens is 4. The molecule has 0 aliphatic heterocycles. The predicted octanol–water partition coefficient (Wildman–Crippen LogP) is 1.27. The van der Waals surface area contributed by atoms with Crippen molar-refractivity contribution in [2.75, 3.05) is 6.54 Å². The smallest absolute Gasteiger partial charge is 0.324 e. The zero-order valence-electron chi connectivity index (χ0n) is 8.61. The van der Waals surface area contributed by atoms with E-state index in [2.05, 4.69) is 0 Å². The van der Waals surface area contributed by atoms with Crippen molar-refractivity contribution in [3.63, 3.8) is 0 Å². The van der Waals surface area contributed by atoms with E-state index < -0.39 is 30.3 Å². The van der Waals surface area contributed by atoms with Crippen molar-refractivity contribution in [3.8, 4) is 0 Å². The van der Waals surface area contributed by atoms with Crippen molar-refractivity contribution < 1.29 is 22.4 Å². The van der Waals surface area contributed by atoms with E-state index in [0.717, 1.165) is 6.42 Å². The summed E-state index contributed by atoms with van der Waals surface area (Å²) in [6.07, 6.45) is -1.65. The van der Waals surface area contributed by atoms with Gasteiger partial charge in [0.15, 0.2) is 0 Å². The Balaban J connectivity index is 2.30. The quantitative estimate of drug-likeness (QED) is 0.713. The molecule has 0 bridgehead atoms. The second kappa shape index (κ2) is 4.57. The number of hydrogen-bond donors (Lipinski definition) is 2. The summed E-state index contributed by atoms with van der Waals surface area (Å²) in [6.45, 7) is -1.35. The molecule has 3 N–H and O–H groups in total. The Morgan fingerprint density at radius 2 is 2.00 bits per heavy atom. The van der Waals surface area contributed by atoms with Gasteiger partial charge < -0.3 is 11.1 Å². The molecule has 0 heterocycles. The summed E-state index contributed by atoms with van der Waals surface area (Å²) < 4.78 is 48.4. The van der Waals surface area contributed by atoms with Crippen LogP contribution in [-0.2, 0) is 4.79 Å². The number of alkyl halides is 4. The molecule has 0 saturated heterocycles. The summed E-state index contributed by atoms with van der Waals surface area (Å²) in [5.41, 5.74) is 5.07. The van der Waals surface area contributed by atoms with Crippen LogP contribution in [0.2, 0.25) is 0 Å². The highest BCUT2D eigenvalue weighted by molar-refractivity contribution is 5.77. The number of carbonyl (C=O) groups is 1. The number of nitrogens with one attached hydrogen (secondary N) is 1. The van der Waals surface area contributed by atoms with E-state index in [9.17, 15) is 22.4 Å². The largest absolute Gasteiger partial charge is 0.350 e. The molecular formula is C9H14F4N2O. The number of carbonyl (C=O) groups excluding carboxylic acids is 1. The highest BCUT2D eigenvalue weighted by Gasteiger charge is 2.41. The van der Waals surface area contributed by atoms with Gasteiger partial charge in [-0.15, -0.1) is 0 Å². The SMILES string of the molecule is NC1(CC(=O)NCC(F)(F)C(F)F)CCC1. The van der Waals surface area contributed by atoms with Crippen LogP contribution in [0.15, 0.2) is 0 Å². The first-order valence-electron chi connectivity index (χ1n) is 4.97.